The molecule has 0 saturated heterocycles. The third kappa shape index (κ3) is 11.0. The molecule has 0 amide bonds. The van der Waals surface area contributed by atoms with E-state index in [0.717, 1.165) is 0 Å². The van der Waals surface area contributed by atoms with Gasteiger partial charge in [-0.15, -0.1) is 0 Å². The Morgan fingerprint density at radius 3 is 2.26 bits per heavy atom. The van der Waals surface area contributed by atoms with E-state index in [1.54, 1.807) is 6.92 Å². The molecule has 0 rings (SSSR count). The first-order chi connectivity index (χ1) is 8.53. The number of hydrogen-bond donors (Lipinski definition) is 2. The van der Waals surface area contributed by atoms with E-state index < -0.39 is 26.2 Å². The molecule has 0 heterocycles. The molecule has 0 aliphatic carbocycles. The number of halogens is 2. The van der Waals surface area contributed by atoms with Crippen molar-refractivity contribution in [3.05, 3.63) is 12.7 Å². The molecule has 112 valence electrons. The van der Waals surface area contributed by atoms with E-state index in [0.29, 0.717) is 0 Å². The third-order valence-electron chi connectivity index (χ3n) is 1.97. The van der Waals surface area contributed by atoms with Crippen LogP contribution < -0.4 is 0 Å². The standard InChI is InChI=1S/C11H19F2O5P/c1-5-9(3)16-7-11(8-17-10(4)6-2)18-19(12,13,14)15/h1,6,9-11,14-15H,2,7-8H2,3-4H3. The third-order valence-corrected chi connectivity index (χ3v) is 2.61. The van der Waals surface area contributed by atoms with Crippen LogP contribution in [0, 0.1) is 12.3 Å². The molecular weight excluding hydrogens is 281 g/mol. The first kappa shape index (κ1) is 18.4. The molecule has 0 aliphatic heterocycles. The summed E-state index contributed by atoms with van der Waals surface area (Å²) >= 11 is 0. The van der Waals surface area contributed by atoms with E-state index in [1.807, 2.05) is 0 Å². The molecule has 3 atom stereocenters. The summed E-state index contributed by atoms with van der Waals surface area (Å²) in [5.41, 5.74) is 0. The average Bonchev–Trinajstić information content (AvgIpc) is 2.29. The molecule has 0 fully saturated rings. The summed E-state index contributed by atoms with van der Waals surface area (Å²) in [6.07, 6.45) is 4.12. The van der Waals surface area contributed by atoms with E-state index in [2.05, 4.69) is 17.0 Å². The summed E-state index contributed by atoms with van der Waals surface area (Å²) in [5.74, 6) is 2.23. The SMILES string of the molecule is C#CC(C)OCC(COC(C)C=C)OP(O)(O)(F)F. The molecule has 8 heteroatoms. The predicted octanol–water partition coefficient (Wildman–Crippen LogP) is 2.05. The van der Waals surface area contributed by atoms with Crippen LogP contribution in [-0.2, 0) is 14.0 Å². The predicted molar refractivity (Wildman–Crippen MR) is 68.3 cm³/mol. The quantitative estimate of drug-likeness (QED) is 0.387. The van der Waals surface area contributed by atoms with Gasteiger partial charge in [-0.1, -0.05) is 0 Å². The fraction of sp³-hybridized carbons (Fsp3) is 0.636. The van der Waals surface area contributed by atoms with Crippen molar-refractivity contribution in [2.24, 2.45) is 0 Å². The Labute approximate surface area is 111 Å². The fourth-order valence-corrected chi connectivity index (χ4v) is 1.60. The molecule has 3 unspecified atom stereocenters. The van der Waals surface area contributed by atoms with Gasteiger partial charge in [-0.05, 0) is 0 Å². The molecule has 0 spiro atoms. The van der Waals surface area contributed by atoms with Gasteiger partial charge in [0.25, 0.3) is 0 Å². The summed E-state index contributed by atoms with van der Waals surface area (Å²) in [7, 11) is -7.09. The zero-order valence-corrected chi connectivity index (χ0v) is 11.7. The maximum atomic E-state index is 12.7. The van der Waals surface area contributed by atoms with Gasteiger partial charge in [0.1, 0.15) is 0 Å². The van der Waals surface area contributed by atoms with Gasteiger partial charge in [0.15, 0.2) is 0 Å². The maximum absolute atomic E-state index is 12.7. The van der Waals surface area contributed by atoms with E-state index in [4.69, 9.17) is 25.7 Å². The number of rotatable bonds is 9. The van der Waals surface area contributed by atoms with Gasteiger partial charge >= 0.3 is 110 Å². The van der Waals surface area contributed by atoms with E-state index >= 15 is 0 Å². The zero-order chi connectivity index (χ0) is 15.1. The minimum absolute atomic E-state index is 0.322. The van der Waals surface area contributed by atoms with Gasteiger partial charge in [0.2, 0.25) is 0 Å². The van der Waals surface area contributed by atoms with Crippen molar-refractivity contribution in [1.82, 2.24) is 0 Å². The molecule has 0 aromatic carbocycles. The van der Waals surface area contributed by atoms with Crippen molar-refractivity contribution in [2.45, 2.75) is 32.2 Å². The Kier molecular flexibility index (Phi) is 7.01. The topological polar surface area (TPSA) is 68.2 Å². The van der Waals surface area contributed by atoms with Gasteiger partial charge < -0.3 is 0 Å². The molecule has 0 bridgehead atoms. The second-order valence-electron chi connectivity index (χ2n) is 3.90. The molecular formula is C11H19F2O5P. The van der Waals surface area contributed by atoms with E-state index in [9.17, 15) is 8.39 Å². The Balaban J connectivity index is 4.48. The van der Waals surface area contributed by atoms with Crippen LogP contribution in [0.4, 0.5) is 8.39 Å². The molecule has 0 aromatic heterocycles. The Morgan fingerprint density at radius 1 is 1.32 bits per heavy atom. The van der Waals surface area contributed by atoms with Crippen LogP contribution in [0.5, 0.6) is 0 Å². The van der Waals surface area contributed by atoms with Gasteiger partial charge in [-0.25, -0.2) is 0 Å². The van der Waals surface area contributed by atoms with Gasteiger partial charge in [-0.2, -0.15) is 0 Å². The normalized spacial score (nSPS) is 18.7. The second-order valence-corrected chi connectivity index (χ2v) is 5.63. The average molecular weight is 300 g/mol. The Bertz CT molecular complexity index is 327. The first-order valence-electron chi connectivity index (χ1n) is 5.50. The van der Waals surface area contributed by atoms with Crippen LogP contribution in [0.1, 0.15) is 13.8 Å². The first-order valence-corrected chi connectivity index (χ1v) is 7.34. The summed E-state index contributed by atoms with van der Waals surface area (Å²) < 4.78 is 39.5. The van der Waals surface area contributed by atoms with Crippen LogP contribution >= 0.6 is 7.91 Å². The summed E-state index contributed by atoms with van der Waals surface area (Å²) in [6.45, 7) is 5.94. The van der Waals surface area contributed by atoms with Crippen molar-refractivity contribution in [1.29, 1.82) is 0 Å². The summed E-state index contributed by atoms with van der Waals surface area (Å²) in [5, 5.41) is 0. The zero-order valence-electron chi connectivity index (χ0n) is 10.8. The van der Waals surface area contributed by atoms with Crippen molar-refractivity contribution in [3.63, 3.8) is 0 Å². The summed E-state index contributed by atoms with van der Waals surface area (Å²) in [6, 6.07) is 0. The van der Waals surface area contributed by atoms with E-state index in [1.165, 1.54) is 13.0 Å². The minimum atomic E-state index is -7.09. The van der Waals surface area contributed by atoms with Crippen molar-refractivity contribution >= 4 is 7.91 Å². The van der Waals surface area contributed by atoms with Crippen LogP contribution in [0.2, 0.25) is 0 Å². The molecule has 2 N–H and O–H groups in total. The van der Waals surface area contributed by atoms with Crippen LogP contribution in [0.3, 0.4) is 0 Å². The van der Waals surface area contributed by atoms with Gasteiger partial charge in [-0.3, -0.25) is 0 Å². The fourth-order valence-electron chi connectivity index (χ4n) is 0.982. The van der Waals surface area contributed by atoms with Crippen LogP contribution in [0.15, 0.2) is 12.7 Å². The van der Waals surface area contributed by atoms with E-state index in [-0.39, 0.29) is 13.2 Å². The Morgan fingerprint density at radius 2 is 1.84 bits per heavy atom. The molecule has 0 saturated carbocycles. The van der Waals surface area contributed by atoms with Gasteiger partial charge in [0.05, 0.1) is 0 Å². The van der Waals surface area contributed by atoms with Crippen LogP contribution in [-0.4, -0.2) is 41.3 Å². The number of ether oxygens (including phenoxy) is 2. The Hall–Kier alpha value is -0.610. The molecule has 0 radical (unpaired) electrons. The van der Waals surface area contributed by atoms with Crippen molar-refractivity contribution in [2.75, 3.05) is 13.2 Å². The van der Waals surface area contributed by atoms with Crippen molar-refractivity contribution in [3.8, 4) is 12.3 Å². The number of terminal acetylenes is 1. The van der Waals surface area contributed by atoms with Crippen molar-refractivity contribution < 1.29 is 32.2 Å². The second kappa shape index (κ2) is 7.25. The van der Waals surface area contributed by atoms with Crippen LogP contribution in [0.25, 0.3) is 0 Å². The monoisotopic (exact) mass is 300 g/mol. The molecule has 19 heavy (non-hydrogen) atoms. The molecule has 0 aromatic rings. The van der Waals surface area contributed by atoms with Gasteiger partial charge in [0, 0.05) is 0 Å². The number of hydrogen-bond acceptors (Lipinski definition) is 5. The summed E-state index contributed by atoms with van der Waals surface area (Å²) in [4.78, 5) is 16.9. The molecule has 0 aliphatic rings. The molecule has 5 nitrogen and oxygen atoms in total.